The first-order chi connectivity index (χ1) is 15.2. The number of piperidine rings is 1. The molecule has 31 heavy (non-hydrogen) atoms. The Balaban J connectivity index is 0.970. The van der Waals surface area contributed by atoms with E-state index in [0.717, 1.165) is 24.0 Å². The van der Waals surface area contributed by atoms with E-state index in [1.54, 1.807) is 0 Å². The second kappa shape index (κ2) is 7.65. The van der Waals surface area contributed by atoms with Crippen molar-refractivity contribution < 1.29 is 4.74 Å². The molecule has 3 aliphatic carbocycles. The van der Waals surface area contributed by atoms with E-state index >= 15 is 0 Å². The van der Waals surface area contributed by atoms with Crippen LogP contribution in [0.15, 0.2) is 84.7 Å². The highest BCUT2D eigenvalue weighted by molar-refractivity contribution is 5.39. The summed E-state index contributed by atoms with van der Waals surface area (Å²) in [4.78, 5) is 2.64. The van der Waals surface area contributed by atoms with Crippen LogP contribution in [0.5, 0.6) is 5.75 Å². The fourth-order valence-electron chi connectivity index (χ4n) is 5.79. The number of fused-ring (bicyclic) bond motifs is 1. The van der Waals surface area contributed by atoms with E-state index in [0.29, 0.717) is 11.3 Å². The highest BCUT2D eigenvalue weighted by Crippen LogP contribution is 2.60. The largest absolute Gasteiger partial charge is 0.458 e. The zero-order valence-electron chi connectivity index (χ0n) is 18.2. The third-order valence-corrected chi connectivity index (χ3v) is 8.09. The van der Waals surface area contributed by atoms with E-state index in [2.05, 4.69) is 58.8 Å². The Labute approximate surface area is 185 Å². The minimum absolute atomic E-state index is 0.196. The Morgan fingerprint density at radius 1 is 0.935 bits per heavy atom. The molecule has 1 heterocycles. The first-order valence-corrected chi connectivity index (χ1v) is 11.9. The van der Waals surface area contributed by atoms with Crippen LogP contribution in [0.1, 0.15) is 31.2 Å². The Hall–Kier alpha value is -2.36. The van der Waals surface area contributed by atoms with Gasteiger partial charge in [-0.1, -0.05) is 54.6 Å². The molecule has 3 atom stereocenters. The number of allylic oxidation sites excluding steroid dienone is 1. The lowest BCUT2D eigenvalue weighted by Crippen LogP contribution is -2.38. The number of benzene rings is 2. The Kier molecular flexibility index (Phi) is 4.77. The molecule has 0 amide bonds. The molecule has 1 spiro atoms. The molecule has 2 aromatic rings. The molecule has 0 aromatic heterocycles. The molecule has 3 unspecified atom stereocenters. The summed E-state index contributed by atoms with van der Waals surface area (Å²) in [6.45, 7) is 4.78. The topological polar surface area (TPSA) is 24.5 Å². The van der Waals surface area contributed by atoms with Gasteiger partial charge in [-0.05, 0) is 86.5 Å². The number of ether oxygens (including phenoxy) is 1. The predicted molar refractivity (Wildman–Crippen MR) is 125 cm³/mol. The van der Waals surface area contributed by atoms with Gasteiger partial charge in [-0.3, -0.25) is 4.90 Å². The molecule has 4 aliphatic rings. The van der Waals surface area contributed by atoms with Crippen molar-refractivity contribution in [2.45, 2.75) is 37.8 Å². The highest BCUT2D eigenvalue weighted by atomic mass is 16.5. The van der Waals surface area contributed by atoms with Crippen LogP contribution < -0.4 is 10.1 Å². The summed E-state index contributed by atoms with van der Waals surface area (Å²) in [6, 6.07) is 21.0. The van der Waals surface area contributed by atoms with Gasteiger partial charge >= 0.3 is 0 Å². The van der Waals surface area contributed by atoms with Gasteiger partial charge in [-0.25, -0.2) is 0 Å². The van der Waals surface area contributed by atoms with E-state index in [1.165, 1.54) is 50.9 Å². The summed E-state index contributed by atoms with van der Waals surface area (Å²) < 4.78 is 6.02. The van der Waals surface area contributed by atoms with Gasteiger partial charge in [0.25, 0.3) is 0 Å². The maximum atomic E-state index is 6.02. The van der Waals surface area contributed by atoms with Crippen molar-refractivity contribution in [3.05, 3.63) is 90.2 Å². The molecule has 0 radical (unpaired) electrons. The number of hydrogen-bond donors (Lipinski definition) is 1. The van der Waals surface area contributed by atoms with Gasteiger partial charge in [0.15, 0.2) is 0 Å². The first kappa shape index (κ1) is 19.3. The monoisotopic (exact) mass is 412 g/mol. The molecule has 1 saturated heterocycles. The molecular weight excluding hydrogens is 380 g/mol. The van der Waals surface area contributed by atoms with E-state index in [-0.39, 0.29) is 5.54 Å². The smallest absolute Gasteiger partial charge is 0.127 e. The molecule has 2 aromatic carbocycles. The maximum Gasteiger partial charge on any atom is 0.127 e. The van der Waals surface area contributed by atoms with Crippen molar-refractivity contribution in [2.24, 2.45) is 17.3 Å². The minimum Gasteiger partial charge on any atom is -0.458 e. The summed E-state index contributed by atoms with van der Waals surface area (Å²) >= 11 is 0. The molecule has 1 N–H and O–H groups in total. The summed E-state index contributed by atoms with van der Waals surface area (Å²) in [5.41, 5.74) is 2.26. The van der Waals surface area contributed by atoms with E-state index < -0.39 is 0 Å². The third kappa shape index (κ3) is 3.97. The van der Waals surface area contributed by atoms with Crippen LogP contribution in [0.3, 0.4) is 0 Å². The van der Waals surface area contributed by atoms with Crippen LogP contribution in [0.25, 0.3) is 0 Å². The van der Waals surface area contributed by atoms with Crippen molar-refractivity contribution in [1.29, 1.82) is 0 Å². The van der Waals surface area contributed by atoms with Gasteiger partial charge in [0, 0.05) is 18.0 Å². The second-order valence-corrected chi connectivity index (χ2v) is 10.1. The molecule has 160 valence electrons. The fourth-order valence-corrected chi connectivity index (χ4v) is 5.79. The molecule has 1 aliphatic heterocycles. The Morgan fingerprint density at radius 3 is 2.42 bits per heavy atom. The second-order valence-electron chi connectivity index (χ2n) is 10.1. The number of para-hydroxylation sites is 1. The molecule has 3 nitrogen and oxygen atoms in total. The minimum atomic E-state index is 0.196. The van der Waals surface area contributed by atoms with Crippen LogP contribution in [0.2, 0.25) is 0 Å². The molecular formula is C28H32N2O. The number of nitrogens with one attached hydrogen (secondary N) is 1. The zero-order chi connectivity index (χ0) is 20.7. The van der Waals surface area contributed by atoms with Crippen LogP contribution >= 0.6 is 0 Å². The summed E-state index contributed by atoms with van der Waals surface area (Å²) in [5.74, 6) is 3.35. The normalized spacial score (nSPS) is 30.5. The van der Waals surface area contributed by atoms with Crippen molar-refractivity contribution in [2.75, 3.05) is 19.6 Å². The van der Waals surface area contributed by atoms with Crippen molar-refractivity contribution >= 4 is 0 Å². The Bertz CT molecular complexity index is 975. The number of rotatable bonds is 7. The fraction of sp³-hybridized carbons (Fsp3) is 0.429. The maximum absolute atomic E-state index is 6.02. The molecule has 6 rings (SSSR count). The van der Waals surface area contributed by atoms with E-state index in [4.69, 9.17) is 4.74 Å². The summed E-state index contributed by atoms with van der Waals surface area (Å²) in [5, 5.41) is 3.94. The number of likely N-dealkylation sites (tertiary alicyclic amines) is 1. The molecule has 3 fully saturated rings. The lowest BCUT2D eigenvalue weighted by Gasteiger charge is -2.33. The first-order valence-electron chi connectivity index (χ1n) is 11.9. The number of hydrogen-bond acceptors (Lipinski definition) is 3. The third-order valence-electron chi connectivity index (χ3n) is 8.09. The molecule has 0 bridgehead atoms. The van der Waals surface area contributed by atoms with Gasteiger partial charge in [0.2, 0.25) is 0 Å². The van der Waals surface area contributed by atoms with Gasteiger partial charge in [-0.2, -0.15) is 0 Å². The zero-order valence-corrected chi connectivity index (χ0v) is 18.2. The number of nitrogens with zero attached hydrogens (tertiary/aromatic N) is 1. The lowest BCUT2D eigenvalue weighted by atomic mass is 9.90. The van der Waals surface area contributed by atoms with E-state index in [1.807, 2.05) is 30.3 Å². The standard InChI is InChI=1S/C28H32N2O/c1-3-7-22(8-4-1)21-30-15-13-27(14-16-30)18-24(27)20-29-28-12-11-26(17-23(28)19-28)31-25-9-5-2-6-10-25/h1-12,17,23-24,29H,13-16,18-21H2. The van der Waals surface area contributed by atoms with Crippen molar-refractivity contribution in [1.82, 2.24) is 10.2 Å². The van der Waals surface area contributed by atoms with Gasteiger partial charge in [0.1, 0.15) is 11.5 Å². The van der Waals surface area contributed by atoms with Gasteiger partial charge in [-0.15, -0.1) is 0 Å². The summed E-state index contributed by atoms with van der Waals surface area (Å²) in [6.07, 6.45) is 12.2. The van der Waals surface area contributed by atoms with Gasteiger partial charge < -0.3 is 10.1 Å². The van der Waals surface area contributed by atoms with Crippen LogP contribution in [-0.4, -0.2) is 30.1 Å². The van der Waals surface area contributed by atoms with Crippen LogP contribution in [0.4, 0.5) is 0 Å². The quantitative estimate of drug-likeness (QED) is 0.679. The average Bonchev–Trinajstić information content (AvgIpc) is 3.70. The van der Waals surface area contributed by atoms with Crippen LogP contribution in [0, 0.1) is 17.3 Å². The van der Waals surface area contributed by atoms with Crippen molar-refractivity contribution in [3.63, 3.8) is 0 Å². The van der Waals surface area contributed by atoms with Gasteiger partial charge in [0.05, 0.1) is 0 Å². The SMILES string of the molecule is C1=CC2(NCC3CC34CCN(Cc3ccccc3)CC4)CC2C=C1Oc1ccccc1. The predicted octanol–water partition coefficient (Wildman–Crippen LogP) is 5.17. The molecule has 2 saturated carbocycles. The van der Waals surface area contributed by atoms with E-state index in [9.17, 15) is 0 Å². The highest BCUT2D eigenvalue weighted by Gasteiger charge is 2.57. The van der Waals surface area contributed by atoms with Crippen molar-refractivity contribution in [3.8, 4) is 5.75 Å². The lowest BCUT2D eigenvalue weighted by molar-refractivity contribution is 0.155. The molecule has 3 heteroatoms. The Morgan fingerprint density at radius 2 is 1.68 bits per heavy atom. The average molecular weight is 413 g/mol. The summed E-state index contributed by atoms with van der Waals surface area (Å²) in [7, 11) is 0. The van der Waals surface area contributed by atoms with Crippen LogP contribution in [-0.2, 0) is 6.54 Å².